The van der Waals surface area contributed by atoms with E-state index in [1.165, 1.54) is 12.4 Å². The van der Waals surface area contributed by atoms with Crippen molar-refractivity contribution >= 4 is 11.7 Å². The molecule has 0 aromatic carbocycles. The number of rotatable bonds is 3. The van der Waals surface area contributed by atoms with Gasteiger partial charge in [-0.25, -0.2) is 13.6 Å². The summed E-state index contributed by atoms with van der Waals surface area (Å²) in [7, 11) is 0. The van der Waals surface area contributed by atoms with Gasteiger partial charge in [-0.3, -0.25) is 5.10 Å². The highest BCUT2D eigenvalue weighted by Gasteiger charge is 2.06. The van der Waals surface area contributed by atoms with E-state index >= 15 is 0 Å². The van der Waals surface area contributed by atoms with E-state index in [2.05, 4.69) is 15.5 Å². The van der Waals surface area contributed by atoms with Crippen molar-refractivity contribution in [3.8, 4) is 0 Å². The van der Waals surface area contributed by atoms with Crippen LogP contribution in [0.3, 0.4) is 0 Å². The fourth-order valence-corrected chi connectivity index (χ4v) is 0.664. The number of nitrogens with one attached hydrogen (secondary N) is 3. The van der Waals surface area contributed by atoms with Gasteiger partial charge in [0.25, 0.3) is 6.43 Å². The molecular formula is C6H8F2N4O. The van der Waals surface area contributed by atoms with Gasteiger partial charge in [0.05, 0.1) is 18.4 Å². The summed E-state index contributed by atoms with van der Waals surface area (Å²) in [5.41, 5.74) is 0.423. The number of amides is 2. The molecule has 5 nitrogen and oxygen atoms in total. The molecule has 0 spiro atoms. The number of hydrogen-bond acceptors (Lipinski definition) is 2. The smallest absolute Gasteiger partial charge is 0.319 e. The second-order valence-corrected chi connectivity index (χ2v) is 2.21. The maximum atomic E-state index is 11.6. The molecule has 0 saturated carbocycles. The van der Waals surface area contributed by atoms with Gasteiger partial charge in [-0.05, 0) is 0 Å². The zero-order chi connectivity index (χ0) is 9.68. The lowest BCUT2D eigenvalue weighted by atomic mass is 10.6. The molecule has 1 heterocycles. The molecule has 0 aliphatic rings. The Hall–Kier alpha value is -1.66. The molecule has 0 radical (unpaired) electrons. The lowest BCUT2D eigenvalue weighted by molar-refractivity contribution is 0.148. The van der Waals surface area contributed by atoms with Gasteiger partial charge in [0.15, 0.2) is 0 Å². The largest absolute Gasteiger partial charge is 0.332 e. The third-order valence-corrected chi connectivity index (χ3v) is 1.17. The van der Waals surface area contributed by atoms with E-state index in [1.54, 1.807) is 0 Å². The molecule has 7 heteroatoms. The Bertz CT molecular complexity index is 262. The van der Waals surface area contributed by atoms with E-state index in [0.29, 0.717) is 5.69 Å². The second-order valence-electron chi connectivity index (χ2n) is 2.21. The maximum Gasteiger partial charge on any atom is 0.319 e. The maximum absolute atomic E-state index is 11.6. The predicted octanol–water partition coefficient (Wildman–Crippen LogP) is 0.796. The standard InChI is InChI=1S/C6H8F2N4O/c7-5(8)3-9-6(13)12-4-1-10-11-2-4/h1-2,5H,3H2,(H,10,11)(H2,9,12,13). The van der Waals surface area contributed by atoms with Crippen LogP contribution in [0.15, 0.2) is 12.4 Å². The molecule has 72 valence electrons. The van der Waals surface area contributed by atoms with Gasteiger partial charge in [-0.1, -0.05) is 0 Å². The van der Waals surface area contributed by atoms with Gasteiger partial charge < -0.3 is 10.6 Å². The summed E-state index contributed by atoms with van der Waals surface area (Å²) >= 11 is 0. The molecule has 0 aliphatic carbocycles. The second kappa shape index (κ2) is 4.39. The van der Waals surface area contributed by atoms with Crippen LogP contribution in [0.4, 0.5) is 19.3 Å². The number of urea groups is 1. The van der Waals surface area contributed by atoms with E-state index in [0.717, 1.165) is 0 Å². The van der Waals surface area contributed by atoms with Crippen molar-refractivity contribution in [3.63, 3.8) is 0 Å². The molecule has 0 bridgehead atoms. The Morgan fingerprint density at radius 2 is 2.46 bits per heavy atom. The number of hydrogen-bond donors (Lipinski definition) is 3. The Morgan fingerprint density at radius 3 is 3.00 bits per heavy atom. The fraction of sp³-hybridized carbons (Fsp3) is 0.333. The van der Waals surface area contributed by atoms with Crippen molar-refractivity contribution in [2.24, 2.45) is 0 Å². The summed E-state index contributed by atoms with van der Waals surface area (Å²) in [6.45, 7) is -0.663. The molecule has 1 aromatic heterocycles. The van der Waals surface area contributed by atoms with E-state index < -0.39 is 19.0 Å². The summed E-state index contributed by atoms with van der Waals surface area (Å²) in [5.74, 6) is 0. The average Bonchev–Trinajstić information content (AvgIpc) is 2.53. The van der Waals surface area contributed by atoms with Crippen LogP contribution in [-0.2, 0) is 0 Å². The number of anilines is 1. The lowest BCUT2D eigenvalue weighted by Crippen LogP contribution is -2.32. The normalized spacial score (nSPS) is 10.1. The topological polar surface area (TPSA) is 69.8 Å². The SMILES string of the molecule is O=C(NCC(F)F)Nc1cn[nH]c1. The highest BCUT2D eigenvalue weighted by molar-refractivity contribution is 5.88. The minimum Gasteiger partial charge on any atom is -0.332 e. The number of carbonyl (C=O) groups is 1. The Kier molecular flexibility index (Phi) is 3.18. The van der Waals surface area contributed by atoms with Crippen molar-refractivity contribution in [2.75, 3.05) is 11.9 Å². The predicted molar refractivity (Wildman–Crippen MR) is 41.6 cm³/mol. The number of H-pyrrole nitrogens is 1. The summed E-state index contributed by atoms with van der Waals surface area (Å²) in [6, 6.07) is -0.679. The number of carbonyl (C=O) groups excluding carboxylic acids is 1. The summed E-state index contributed by atoms with van der Waals surface area (Å²) in [4.78, 5) is 10.8. The first-order valence-electron chi connectivity index (χ1n) is 3.50. The molecule has 3 N–H and O–H groups in total. The molecule has 0 unspecified atom stereocenters. The van der Waals surface area contributed by atoms with Crippen LogP contribution < -0.4 is 10.6 Å². The Balaban J connectivity index is 2.26. The van der Waals surface area contributed by atoms with Gasteiger partial charge in [-0.2, -0.15) is 5.10 Å². The summed E-state index contributed by atoms with van der Waals surface area (Å²) < 4.78 is 23.2. The molecular weight excluding hydrogens is 182 g/mol. The first-order valence-corrected chi connectivity index (χ1v) is 3.50. The highest BCUT2D eigenvalue weighted by atomic mass is 19.3. The van der Waals surface area contributed by atoms with Crippen molar-refractivity contribution in [1.82, 2.24) is 15.5 Å². The molecule has 0 fully saturated rings. The average molecular weight is 190 g/mol. The quantitative estimate of drug-likeness (QED) is 0.659. The highest BCUT2D eigenvalue weighted by Crippen LogP contribution is 1.99. The number of halogens is 2. The number of aromatic amines is 1. The molecule has 1 rings (SSSR count). The minimum absolute atomic E-state index is 0.423. The van der Waals surface area contributed by atoms with Crippen LogP contribution in [0.25, 0.3) is 0 Å². The van der Waals surface area contributed by atoms with Gasteiger partial charge in [0.1, 0.15) is 0 Å². The van der Waals surface area contributed by atoms with Crippen LogP contribution in [0.2, 0.25) is 0 Å². The van der Waals surface area contributed by atoms with E-state index in [1.807, 2.05) is 5.32 Å². The van der Waals surface area contributed by atoms with Gasteiger partial charge in [0, 0.05) is 6.20 Å². The Morgan fingerprint density at radius 1 is 1.69 bits per heavy atom. The number of aromatic nitrogens is 2. The van der Waals surface area contributed by atoms with Crippen molar-refractivity contribution in [1.29, 1.82) is 0 Å². The van der Waals surface area contributed by atoms with E-state index in [4.69, 9.17) is 0 Å². The van der Waals surface area contributed by atoms with Crippen LogP contribution in [0, 0.1) is 0 Å². The van der Waals surface area contributed by atoms with Crippen LogP contribution in [0.5, 0.6) is 0 Å². The fourth-order valence-electron chi connectivity index (χ4n) is 0.664. The van der Waals surface area contributed by atoms with E-state index in [9.17, 15) is 13.6 Å². The third kappa shape index (κ3) is 3.50. The van der Waals surface area contributed by atoms with Crippen molar-refractivity contribution in [2.45, 2.75) is 6.43 Å². The van der Waals surface area contributed by atoms with Crippen LogP contribution >= 0.6 is 0 Å². The van der Waals surface area contributed by atoms with Crippen LogP contribution in [-0.4, -0.2) is 29.2 Å². The molecule has 13 heavy (non-hydrogen) atoms. The monoisotopic (exact) mass is 190 g/mol. The molecule has 2 amide bonds. The van der Waals surface area contributed by atoms with E-state index in [-0.39, 0.29) is 0 Å². The van der Waals surface area contributed by atoms with Gasteiger partial charge in [0.2, 0.25) is 0 Å². The summed E-state index contributed by atoms with van der Waals surface area (Å²) in [6.07, 6.45) is 0.249. The lowest BCUT2D eigenvalue weighted by Gasteiger charge is -2.03. The van der Waals surface area contributed by atoms with Crippen molar-refractivity contribution in [3.05, 3.63) is 12.4 Å². The zero-order valence-corrected chi connectivity index (χ0v) is 6.55. The first-order chi connectivity index (χ1) is 6.18. The molecule has 0 atom stereocenters. The molecule has 0 saturated heterocycles. The van der Waals surface area contributed by atoms with Gasteiger partial charge in [-0.15, -0.1) is 0 Å². The third-order valence-electron chi connectivity index (χ3n) is 1.17. The number of nitrogens with zero attached hydrogens (tertiary/aromatic N) is 1. The van der Waals surface area contributed by atoms with Crippen LogP contribution in [0.1, 0.15) is 0 Å². The van der Waals surface area contributed by atoms with Crippen molar-refractivity contribution < 1.29 is 13.6 Å². The molecule has 0 aliphatic heterocycles. The number of alkyl halides is 2. The molecule has 1 aromatic rings. The zero-order valence-electron chi connectivity index (χ0n) is 6.55. The van der Waals surface area contributed by atoms with Gasteiger partial charge >= 0.3 is 6.03 Å². The Labute approximate surface area is 72.5 Å². The summed E-state index contributed by atoms with van der Waals surface area (Å²) in [5, 5.41) is 10.3. The minimum atomic E-state index is -2.55. The first kappa shape index (κ1) is 9.43.